The minimum Gasteiger partial charge on any atom is -0.493 e. The third-order valence-electron chi connectivity index (χ3n) is 8.80. The Bertz CT molecular complexity index is 1320. The lowest BCUT2D eigenvalue weighted by Gasteiger charge is -2.33. The van der Waals surface area contributed by atoms with Crippen molar-refractivity contribution in [2.75, 3.05) is 31.6 Å². The molecular formula is C35H44N4O2. The lowest BCUT2D eigenvalue weighted by atomic mass is 9.85. The Balaban J connectivity index is 1.08. The maximum Gasteiger partial charge on any atom is 0.226 e. The van der Waals surface area contributed by atoms with Gasteiger partial charge in [0.2, 0.25) is 11.9 Å². The summed E-state index contributed by atoms with van der Waals surface area (Å²) in [6, 6.07) is 17.0. The Labute approximate surface area is 245 Å². The van der Waals surface area contributed by atoms with E-state index >= 15 is 0 Å². The van der Waals surface area contributed by atoms with Crippen LogP contribution in [0.1, 0.15) is 68.2 Å². The van der Waals surface area contributed by atoms with Crippen molar-refractivity contribution in [2.45, 2.75) is 65.3 Å². The van der Waals surface area contributed by atoms with Crippen LogP contribution >= 0.6 is 0 Å². The van der Waals surface area contributed by atoms with Crippen LogP contribution in [-0.2, 0) is 24.2 Å². The number of aryl methyl sites for hydroxylation is 1. The molecule has 0 N–H and O–H groups in total. The van der Waals surface area contributed by atoms with Gasteiger partial charge in [-0.2, -0.15) is 0 Å². The Morgan fingerprint density at radius 2 is 1.80 bits per heavy atom. The molecule has 6 heteroatoms. The fraction of sp³-hybridized carbons (Fsp3) is 0.457. The number of amides is 1. The summed E-state index contributed by atoms with van der Waals surface area (Å²) < 4.78 is 6.19. The average Bonchev–Trinajstić information content (AvgIpc) is 3.04. The molecule has 1 aliphatic carbocycles. The van der Waals surface area contributed by atoms with E-state index in [1.807, 2.05) is 12.4 Å². The summed E-state index contributed by atoms with van der Waals surface area (Å²) >= 11 is 0. The highest BCUT2D eigenvalue weighted by atomic mass is 16.5. The number of aromatic nitrogens is 2. The number of hydrogen-bond donors (Lipinski definition) is 0. The molecule has 3 aromatic rings. The predicted octanol–water partition coefficient (Wildman–Crippen LogP) is 6.74. The first-order valence-electron chi connectivity index (χ1n) is 15.3. The predicted molar refractivity (Wildman–Crippen MR) is 166 cm³/mol. The molecule has 0 fully saturated rings. The maximum absolute atomic E-state index is 13.3. The van der Waals surface area contributed by atoms with Crippen molar-refractivity contribution in [3.05, 3.63) is 89.3 Å². The third-order valence-corrected chi connectivity index (χ3v) is 8.80. The van der Waals surface area contributed by atoms with Crippen LogP contribution in [0.5, 0.6) is 5.75 Å². The standard InChI is InChI=1S/C35H44N4O2/c1-4-26(18-20-38(3)35-36-22-27(5-2)23-37-35)25-41-33-16-14-30(15-17-33)29-10-12-31(13-11-29)34(40)39-21-19-28-8-6-7-9-32(28)24-39/h6-10,14-17,22-23,26,31H,4-5,11-13,18-21,24-25H2,1-3H3. The molecule has 1 amide bonds. The molecule has 2 atom stereocenters. The minimum atomic E-state index is 0.0962. The van der Waals surface area contributed by atoms with E-state index in [4.69, 9.17) is 4.74 Å². The number of anilines is 1. The quantitative estimate of drug-likeness (QED) is 0.264. The molecule has 2 unspecified atom stereocenters. The van der Waals surface area contributed by atoms with E-state index < -0.39 is 0 Å². The summed E-state index contributed by atoms with van der Waals surface area (Å²) in [4.78, 5) is 26.4. The van der Waals surface area contributed by atoms with E-state index in [1.165, 1.54) is 22.3 Å². The van der Waals surface area contributed by atoms with Gasteiger partial charge in [0.05, 0.1) is 6.61 Å². The number of fused-ring (bicyclic) bond motifs is 1. The van der Waals surface area contributed by atoms with Gasteiger partial charge in [-0.05, 0) is 90.8 Å². The first-order chi connectivity index (χ1) is 20.0. The van der Waals surface area contributed by atoms with Crippen LogP contribution in [0.25, 0.3) is 5.57 Å². The Morgan fingerprint density at radius 1 is 1.05 bits per heavy atom. The summed E-state index contributed by atoms with van der Waals surface area (Å²) in [5.41, 5.74) is 6.42. The van der Waals surface area contributed by atoms with Crippen molar-refractivity contribution in [3.8, 4) is 5.75 Å². The highest BCUT2D eigenvalue weighted by Gasteiger charge is 2.28. The highest BCUT2D eigenvalue weighted by molar-refractivity contribution is 5.81. The first-order valence-corrected chi connectivity index (χ1v) is 15.3. The summed E-state index contributed by atoms with van der Waals surface area (Å²) in [5, 5.41) is 0. The van der Waals surface area contributed by atoms with E-state index in [0.29, 0.717) is 18.4 Å². The fourth-order valence-electron chi connectivity index (χ4n) is 5.85. The van der Waals surface area contributed by atoms with Crippen LogP contribution in [0, 0.1) is 11.8 Å². The van der Waals surface area contributed by atoms with E-state index in [1.54, 1.807) is 0 Å². The average molecular weight is 553 g/mol. The van der Waals surface area contributed by atoms with Gasteiger partial charge in [-0.25, -0.2) is 9.97 Å². The van der Waals surface area contributed by atoms with E-state index in [9.17, 15) is 4.79 Å². The van der Waals surface area contributed by atoms with Crippen molar-refractivity contribution < 1.29 is 9.53 Å². The normalized spacial score (nSPS) is 17.4. The molecule has 0 saturated carbocycles. The third kappa shape index (κ3) is 7.35. The number of nitrogens with zero attached hydrogens (tertiary/aromatic N) is 4. The molecule has 2 aliphatic rings. The molecule has 216 valence electrons. The molecule has 2 aromatic carbocycles. The van der Waals surface area contributed by atoms with E-state index in [2.05, 4.69) is 95.3 Å². The van der Waals surface area contributed by atoms with Crippen LogP contribution in [0.15, 0.2) is 67.0 Å². The molecule has 1 aliphatic heterocycles. The SMILES string of the molecule is CCc1cnc(N(C)CCC(CC)COc2ccc(C3=CCC(C(=O)N4CCc5ccccc5C4)CC3)cc2)nc1. The number of hydrogen-bond acceptors (Lipinski definition) is 5. The van der Waals surface area contributed by atoms with E-state index in [-0.39, 0.29) is 5.92 Å². The Hall–Kier alpha value is -3.67. The zero-order valence-electron chi connectivity index (χ0n) is 24.9. The van der Waals surface area contributed by atoms with Gasteiger partial charge in [-0.15, -0.1) is 0 Å². The zero-order chi connectivity index (χ0) is 28.6. The van der Waals surface area contributed by atoms with Gasteiger partial charge in [0.25, 0.3) is 0 Å². The van der Waals surface area contributed by atoms with Crippen molar-refractivity contribution >= 4 is 17.4 Å². The number of carbonyl (C=O) groups is 1. The van der Waals surface area contributed by atoms with Crippen LogP contribution in [-0.4, -0.2) is 47.5 Å². The smallest absolute Gasteiger partial charge is 0.226 e. The minimum absolute atomic E-state index is 0.0962. The van der Waals surface area contributed by atoms with Crippen molar-refractivity contribution in [1.29, 1.82) is 0 Å². The lowest BCUT2D eigenvalue weighted by molar-refractivity contribution is -0.136. The molecule has 5 rings (SSSR count). The first kappa shape index (κ1) is 28.8. The molecule has 0 spiro atoms. The number of benzene rings is 2. The number of carbonyl (C=O) groups excluding carboxylic acids is 1. The zero-order valence-corrected chi connectivity index (χ0v) is 24.9. The van der Waals surface area contributed by atoms with Gasteiger partial charge < -0.3 is 14.5 Å². The molecule has 0 bridgehead atoms. The van der Waals surface area contributed by atoms with Gasteiger partial charge in [-0.3, -0.25) is 4.79 Å². The summed E-state index contributed by atoms with van der Waals surface area (Å²) in [6.07, 6.45) is 12.8. The van der Waals surface area contributed by atoms with Gasteiger partial charge in [-0.1, -0.05) is 56.3 Å². The second-order valence-corrected chi connectivity index (χ2v) is 11.5. The van der Waals surface area contributed by atoms with Crippen molar-refractivity contribution in [2.24, 2.45) is 11.8 Å². The fourth-order valence-corrected chi connectivity index (χ4v) is 5.85. The van der Waals surface area contributed by atoms with Crippen molar-refractivity contribution in [1.82, 2.24) is 14.9 Å². The number of ether oxygens (including phenoxy) is 1. The maximum atomic E-state index is 13.3. The molecule has 2 heterocycles. The van der Waals surface area contributed by atoms with Gasteiger partial charge in [0.15, 0.2) is 0 Å². The topological polar surface area (TPSA) is 58.6 Å². The molecule has 6 nitrogen and oxygen atoms in total. The Kier molecular flexibility index (Phi) is 9.71. The van der Waals surface area contributed by atoms with Crippen LogP contribution < -0.4 is 9.64 Å². The van der Waals surface area contributed by atoms with Crippen LogP contribution in [0.4, 0.5) is 5.95 Å². The largest absolute Gasteiger partial charge is 0.493 e. The molecule has 41 heavy (non-hydrogen) atoms. The lowest BCUT2D eigenvalue weighted by Crippen LogP contribution is -2.40. The van der Waals surface area contributed by atoms with Crippen LogP contribution in [0.3, 0.4) is 0 Å². The molecule has 1 aromatic heterocycles. The number of rotatable bonds is 11. The molecular weight excluding hydrogens is 508 g/mol. The Morgan fingerprint density at radius 3 is 2.49 bits per heavy atom. The number of allylic oxidation sites excluding steroid dienone is 2. The second kappa shape index (κ2) is 13.8. The monoisotopic (exact) mass is 552 g/mol. The summed E-state index contributed by atoms with van der Waals surface area (Å²) in [5.74, 6) is 2.57. The van der Waals surface area contributed by atoms with Gasteiger partial charge >= 0.3 is 0 Å². The highest BCUT2D eigenvalue weighted by Crippen LogP contribution is 2.33. The summed E-state index contributed by atoms with van der Waals surface area (Å²) in [6.45, 7) is 7.52. The van der Waals surface area contributed by atoms with Gasteiger partial charge in [0, 0.05) is 45.0 Å². The van der Waals surface area contributed by atoms with Crippen molar-refractivity contribution in [3.63, 3.8) is 0 Å². The molecule has 0 radical (unpaired) electrons. The summed E-state index contributed by atoms with van der Waals surface area (Å²) in [7, 11) is 2.05. The van der Waals surface area contributed by atoms with Gasteiger partial charge in [0.1, 0.15) is 5.75 Å². The molecule has 0 saturated heterocycles. The van der Waals surface area contributed by atoms with E-state index in [0.717, 1.165) is 81.8 Å². The van der Waals surface area contributed by atoms with Crippen LogP contribution in [0.2, 0.25) is 0 Å². The second-order valence-electron chi connectivity index (χ2n) is 11.5.